The molecule has 3 rings (SSSR count). The van der Waals surface area contributed by atoms with E-state index in [4.69, 9.17) is 4.74 Å². The molecule has 21 heavy (non-hydrogen) atoms. The van der Waals surface area contributed by atoms with Crippen molar-refractivity contribution in [3.05, 3.63) is 30.1 Å². The largest absolute Gasteiger partial charge is 0.381 e. The highest BCUT2D eigenvalue weighted by molar-refractivity contribution is 5.79. The molecule has 2 aliphatic heterocycles. The molecule has 0 radical (unpaired) electrons. The van der Waals surface area contributed by atoms with Crippen LogP contribution in [0.4, 0.5) is 10.1 Å². The fourth-order valence-electron chi connectivity index (χ4n) is 3.03. The number of anilines is 1. The van der Waals surface area contributed by atoms with E-state index < -0.39 is 0 Å². The minimum absolute atomic E-state index is 0.00889. The van der Waals surface area contributed by atoms with Gasteiger partial charge < -0.3 is 15.0 Å². The summed E-state index contributed by atoms with van der Waals surface area (Å²) in [6.45, 7) is 2.77. The maximum Gasteiger partial charge on any atom is 0.225 e. The molecule has 1 N–H and O–H groups in total. The fourth-order valence-corrected chi connectivity index (χ4v) is 3.03. The van der Waals surface area contributed by atoms with Gasteiger partial charge in [0, 0.05) is 25.7 Å². The molecule has 2 aliphatic rings. The van der Waals surface area contributed by atoms with Gasteiger partial charge in [-0.25, -0.2) is 4.39 Å². The summed E-state index contributed by atoms with van der Waals surface area (Å²) in [4.78, 5) is 14.1. The molecular weight excluding hydrogens is 271 g/mol. The Balaban J connectivity index is 1.51. The average molecular weight is 292 g/mol. The summed E-state index contributed by atoms with van der Waals surface area (Å²) in [5, 5.41) is 3.11. The molecule has 1 atom stereocenters. The van der Waals surface area contributed by atoms with E-state index >= 15 is 0 Å². The Hall–Kier alpha value is -1.62. The molecule has 5 heteroatoms. The number of rotatable bonds is 3. The number of carbonyl (C=O) groups is 1. The molecule has 0 spiro atoms. The van der Waals surface area contributed by atoms with E-state index in [0.717, 1.165) is 32.4 Å². The van der Waals surface area contributed by atoms with Crippen LogP contribution in [-0.2, 0) is 9.53 Å². The highest BCUT2D eigenvalue weighted by Gasteiger charge is 2.27. The molecule has 2 saturated heterocycles. The molecule has 0 aromatic heterocycles. The number of amides is 1. The molecule has 0 unspecified atom stereocenters. The lowest BCUT2D eigenvalue weighted by atomic mass is 10.0. The van der Waals surface area contributed by atoms with Crippen molar-refractivity contribution in [1.29, 1.82) is 0 Å². The normalized spacial score (nSPS) is 23.3. The zero-order valence-electron chi connectivity index (χ0n) is 12.1. The van der Waals surface area contributed by atoms with Crippen LogP contribution in [0.2, 0.25) is 0 Å². The summed E-state index contributed by atoms with van der Waals surface area (Å²) < 4.78 is 19.0. The van der Waals surface area contributed by atoms with E-state index in [0.29, 0.717) is 18.9 Å². The van der Waals surface area contributed by atoms with Crippen molar-refractivity contribution in [3.63, 3.8) is 0 Å². The lowest BCUT2D eigenvalue weighted by Crippen LogP contribution is -2.46. The van der Waals surface area contributed by atoms with Crippen LogP contribution in [0, 0.1) is 11.7 Å². The Morgan fingerprint density at radius 2 is 2.00 bits per heavy atom. The molecule has 1 amide bonds. The summed E-state index contributed by atoms with van der Waals surface area (Å²) in [7, 11) is 0. The van der Waals surface area contributed by atoms with E-state index in [1.54, 1.807) is 6.07 Å². The van der Waals surface area contributed by atoms with Crippen LogP contribution < -0.4 is 10.2 Å². The average Bonchev–Trinajstić information content (AvgIpc) is 3.03. The highest BCUT2D eigenvalue weighted by atomic mass is 19.1. The second-order valence-corrected chi connectivity index (χ2v) is 5.78. The smallest absolute Gasteiger partial charge is 0.225 e. The second-order valence-electron chi connectivity index (χ2n) is 5.78. The maximum absolute atomic E-state index is 13.8. The molecule has 0 aliphatic carbocycles. The fraction of sp³-hybridized carbons (Fsp3) is 0.562. The van der Waals surface area contributed by atoms with Gasteiger partial charge in [0.25, 0.3) is 0 Å². The summed E-state index contributed by atoms with van der Waals surface area (Å²) in [5.74, 6) is -0.0606. The topological polar surface area (TPSA) is 41.6 Å². The molecular formula is C16H21FN2O2. The Kier molecular flexibility index (Phi) is 4.39. The van der Waals surface area contributed by atoms with Gasteiger partial charge in [-0.3, -0.25) is 4.79 Å². The quantitative estimate of drug-likeness (QED) is 0.926. The third-order valence-electron chi connectivity index (χ3n) is 4.33. The lowest BCUT2D eigenvalue weighted by Gasteiger charge is -2.34. The summed E-state index contributed by atoms with van der Waals surface area (Å²) >= 11 is 0. The maximum atomic E-state index is 13.8. The Morgan fingerprint density at radius 3 is 2.67 bits per heavy atom. The van der Waals surface area contributed by atoms with Crippen LogP contribution >= 0.6 is 0 Å². The highest BCUT2D eigenvalue weighted by Crippen LogP contribution is 2.23. The Labute approximate surface area is 124 Å². The first-order valence-electron chi connectivity index (χ1n) is 7.61. The van der Waals surface area contributed by atoms with Crippen LogP contribution in [0.25, 0.3) is 0 Å². The first kappa shape index (κ1) is 14.3. The van der Waals surface area contributed by atoms with Crippen molar-refractivity contribution >= 4 is 11.6 Å². The molecule has 4 nitrogen and oxygen atoms in total. The number of benzene rings is 1. The van der Waals surface area contributed by atoms with Crippen LogP contribution in [0.3, 0.4) is 0 Å². The predicted molar refractivity (Wildman–Crippen MR) is 78.7 cm³/mol. The van der Waals surface area contributed by atoms with E-state index in [2.05, 4.69) is 10.2 Å². The molecule has 1 aromatic carbocycles. The van der Waals surface area contributed by atoms with Crippen LogP contribution in [0.5, 0.6) is 0 Å². The minimum atomic E-state index is -0.178. The van der Waals surface area contributed by atoms with Crippen molar-refractivity contribution in [2.24, 2.45) is 5.92 Å². The lowest BCUT2D eigenvalue weighted by molar-refractivity contribution is -0.125. The van der Waals surface area contributed by atoms with Gasteiger partial charge in [0.05, 0.1) is 18.2 Å². The number of ether oxygens (including phenoxy) is 1. The zero-order chi connectivity index (χ0) is 14.7. The third kappa shape index (κ3) is 3.35. The van der Waals surface area contributed by atoms with Crippen molar-refractivity contribution in [3.8, 4) is 0 Å². The van der Waals surface area contributed by atoms with Gasteiger partial charge in [-0.05, 0) is 31.4 Å². The standard InChI is InChI=1S/C16H21FN2O2/c17-14-3-1-2-4-15(14)19-8-5-13(6-9-19)18-16(20)12-7-10-21-11-12/h1-4,12-13H,5-11H2,(H,18,20)/t12-/m0/s1. The summed E-state index contributed by atoms with van der Waals surface area (Å²) in [5.41, 5.74) is 0.659. The second kappa shape index (κ2) is 6.43. The van der Waals surface area contributed by atoms with Gasteiger partial charge >= 0.3 is 0 Å². The van der Waals surface area contributed by atoms with E-state index in [9.17, 15) is 9.18 Å². The first-order valence-corrected chi connectivity index (χ1v) is 7.61. The van der Waals surface area contributed by atoms with Gasteiger partial charge in [-0.15, -0.1) is 0 Å². The van der Waals surface area contributed by atoms with Gasteiger partial charge in [0.2, 0.25) is 5.91 Å². The van der Waals surface area contributed by atoms with Gasteiger partial charge in [-0.1, -0.05) is 12.1 Å². The van der Waals surface area contributed by atoms with E-state index in [1.165, 1.54) is 6.07 Å². The first-order chi connectivity index (χ1) is 10.2. The number of halogens is 1. The number of nitrogens with zero attached hydrogens (tertiary/aromatic N) is 1. The van der Waals surface area contributed by atoms with Crippen molar-refractivity contribution in [1.82, 2.24) is 5.32 Å². The number of para-hydroxylation sites is 1. The SMILES string of the molecule is O=C(NC1CCN(c2ccccc2F)CC1)[C@H]1CCOC1. The molecule has 114 valence electrons. The van der Waals surface area contributed by atoms with Gasteiger partial charge in [0.15, 0.2) is 0 Å². The van der Waals surface area contributed by atoms with Crippen LogP contribution in [0.1, 0.15) is 19.3 Å². The van der Waals surface area contributed by atoms with E-state index in [-0.39, 0.29) is 23.7 Å². The molecule has 1 aromatic rings. The van der Waals surface area contributed by atoms with Crippen molar-refractivity contribution in [2.45, 2.75) is 25.3 Å². The van der Waals surface area contributed by atoms with E-state index in [1.807, 2.05) is 12.1 Å². The molecule has 2 fully saturated rings. The predicted octanol–water partition coefficient (Wildman–Crippen LogP) is 1.95. The number of piperidine rings is 1. The molecule has 0 saturated carbocycles. The van der Waals surface area contributed by atoms with Crippen LogP contribution in [0.15, 0.2) is 24.3 Å². The van der Waals surface area contributed by atoms with Crippen LogP contribution in [-0.4, -0.2) is 38.3 Å². The number of hydrogen-bond acceptors (Lipinski definition) is 3. The summed E-state index contributed by atoms with van der Waals surface area (Å²) in [6.07, 6.45) is 2.53. The summed E-state index contributed by atoms with van der Waals surface area (Å²) in [6, 6.07) is 7.05. The monoisotopic (exact) mass is 292 g/mol. The number of nitrogens with one attached hydrogen (secondary N) is 1. The third-order valence-corrected chi connectivity index (χ3v) is 4.33. The van der Waals surface area contributed by atoms with Crippen molar-refractivity contribution < 1.29 is 13.9 Å². The zero-order valence-corrected chi connectivity index (χ0v) is 12.1. The van der Waals surface area contributed by atoms with Crippen molar-refractivity contribution in [2.75, 3.05) is 31.2 Å². The minimum Gasteiger partial charge on any atom is -0.381 e. The number of hydrogen-bond donors (Lipinski definition) is 1. The van der Waals surface area contributed by atoms with Gasteiger partial charge in [0.1, 0.15) is 5.82 Å². The Bertz CT molecular complexity index is 495. The molecule has 0 bridgehead atoms. The van der Waals surface area contributed by atoms with Gasteiger partial charge in [-0.2, -0.15) is 0 Å². The number of carbonyl (C=O) groups excluding carboxylic acids is 1. The molecule has 2 heterocycles. The Morgan fingerprint density at radius 1 is 1.24 bits per heavy atom.